The average Bonchev–Trinajstić information content (AvgIpc) is 3.18. The van der Waals surface area contributed by atoms with E-state index in [1.807, 2.05) is 12.1 Å². The van der Waals surface area contributed by atoms with Crippen LogP contribution in [0.2, 0.25) is 0 Å². The molecule has 0 bridgehead atoms. The van der Waals surface area contributed by atoms with E-state index in [1.54, 1.807) is 0 Å². The maximum absolute atomic E-state index is 11.7. The van der Waals surface area contributed by atoms with Gasteiger partial charge in [0.1, 0.15) is 11.6 Å². The molecule has 4 nitrogen and oxygen atoms in total. The average molecular weight is 263 g/mol. The molecule has 0 heterocycles. The summed E-state index contributed by atoms with van der Waals surface area (Å²) in [7, 11) is 0. The fourth-order valence-electron chi connectivity index (χ4n) is 1.78. The van der Waals surface area contributed by atoms with E-state index in [9.17, 15) is 4.79 Å². The lowest BCUT2D eigenvalue weighted by Crippen LogP contribution is -2.26. The van der Waals surface area contributed by atoms with E-state index < -0.39 is 0 Å². The third-order valence-electron chi connectivity index (χ3n) is 3.08. The summed E-state index contributed by atoms with van der Waals surface area (Å²) in [6, 6.07) is 2.52. The third-order valence-corrected chi connectivity index (χ3v) is 3.08. The van der Waals surface area contributed by atoms with Gasteiger partial charge >= 0.3 is 0 Å². The summed E-state index contributed by atoms with van der Waals surface area (Å²) in [5.41, 5.74) is 0.281. The van der Waals surface area contributed by atoms with Crippen molar-refractivity contribution in [3.63, 3.8) is 0 Å². The van der Waals surface area contributed by atoms with E-state index >= 15 is 0 Å². The predicted octanol–water partition coefficient (Wildman–Crippen LogP) is 2.13. The predicted molar refractivity (Wildman–Crippen MR) is 76.4 cm³/mol. The van der Waals surface area contributed by atoms with Gasteiger partial charge in [0.25, 0.3) is 5.91 Å². The summed E-state index contributed by atoms with van der Waals surface area (Å²) in [6.45, 7) is 5.95. The summed E-state index contributed by atoms with van der Waals surface area (Å²) in [5.74, 6) is 0.247. The molecule has 4 heteroatoms. The lowest BCUT2D eigenvalue weighted by Gasteiger charge is -2.07. The molecule has 1 aliphatic rings. The highest BCUT2D eigenvalue weighted by Gasteiger charge is 2.21. The molecule has 0 aliphatic heterocycles. The van der Waals surface area contributed by atoms with E-state index in [-0.39, 0.29) is 11.5 Å². The number of hydrogen-bond donors (Lipinski definition) is 2. The first kappa shape index (κ1) is 15.7. The number of nitrogens with one attached hydrogen (secondary N) is 2. The zero-order chi connectivity index (χ0) is 14.1. The Morgan fingerprint density at radius 1 is 1.32 bits per heavy atom. The van der Waals surface area contributed by atoms with E-state index in [4.69, 9.17) is 5.26 Å². The zero-order valence-electron chi connectivity index (χ0n) is 12.0. The molecule has 2 N–H and O–H groups in total. The van der Waals surface area contributed by atoms with E-state index in [0.717, 1.165) is 38.6 Å². The Morgan fingerprint density at radius 2 is 2.00 bits per heavy atom. The first-order valence-corrected chi connectivity index (χ1v) is 7.27. The van der Waals surface area contributed by atoms with E-state index in [0.29, 0.717) is 18.5 Å². The molecule has 1 fully saturated rings. The lowest BCUT2D eigenvalue weighted by molar-refractivity contribution is -0.117. The molecule has 1 amide bonds. The minimum Gasteiger partial charge on any atom is -0.351 e. The lowest BCUT2D eigenvalue weighted by atomic mass is 10.2. The van der Waals surface area contributed by atoms with Crippen LogP contribution in [0.1, 0.15) is 46.0 Å². The molecule has 0 saturated heterocycles. The SMILES string of the molecule is CC(C)NCCCCCNC(=O)/C(C#N)=C/C1CC1. The number of unbranched alkanes of at least 4 members (excludes halogenated alkanes) is 2. The van der Waals surface area contributed by atoms with Crippen LogP contribution in [0.3, 0.4) is 0 Å². The Kier molecular flexibility index (Phi) is 7.20. The van der Waals surface area contributed by atoms with Crippen molar-refractivity contribution in [3.8, 4) is 6.07 Å². The summed E-state index contributed by atoms with van der Waals surface area (Å²) < 4.78 is 0. The summed E-state index contributed by atoms with van der Waals surface area (Å²) in [4.78, 5) is 11.7. The van der Waals surface area contributed by atoms with Gasteiger partial charge in [0.05, 0.1) is 0 Å². The standard InChI is InChI=1S/C15H25N3O/c1-12(2)17-8-4-3-5-9-18-15(19)14(11-16)10-13-6-7-13/h10,12-13,17H,3-9H2,1-2H3,(H,18,19)/b14-10+. The minimum atomic E-state index is -0.213. The zero-order valence-corrected chi connectivity index (χ0v) is 12.0. The molecule has 0 unspecified atom stereocenters. The van der Waals surface area contributed by atoms with Gasteiger partial charge < -0.3 is 10.6 Å². The smallest absolute Gasteiger partial charge is 0.261 e. The Balaban J connectivity index is 2.05. The fourth-order valence-corrected chi connectivity index (χ4v) is 1.78. The molecule has 1 rings (SSSR count). The van der Waals surface area contributed by atoms with Crippen LogP contribution in [0, 0.1) is 17.2 Å². The van der Waals surface area contributed by atoms with E-state index in [2.05, 4.69) is 24.5 Å². The van der Waals surface area contributed by atoms with Gasteiger partial charge in [-0.05, 0) is 38.1 Å². The first-order chi connectivity index (χ1) is 9.13. The highest BCUT2D eigenvalue weighted by Crippen LogP contribution is 2.31. The van der Waals surface area contributed by atoms with Crippen LogP contribution in [-0.2, 0) is 4.79 Å². The Labute approximate surface area is 116 Å². The van der Waals surface area contributed by atoms with Crippen molar-refractivity contribution < 1.29 is 4.79 Å². The Morgan fingerprint density at radius 3 is 2.58 bits per heavy atom. The highest BCUT2D eigenvalue weighted by atomic mass is 16.1. The molecular weight excluding hydrogens is 238 g/mol. The van der Waals surface area contributed by atoms with Gasteiger partial charge in [0.2, 0.25) is 0 Å². The van der Waals surface area contributed by atoms with Gasteiger partial charge in [-0.2, -0.15) is 5.26 Å². The molecule has 19 heavy (non-hydrogen) atoms. The van der Waals surface area contributed by atoms with Crippen LogP contribution >= 0.6 is 0 Å². The molecule has 1 saturated carbocycles. The second kappa shape index (κ2) is 8.71. The van der Waals surface area contributed by atoms with Crippen LogP contribution in [0.4, 0.5) is 0 Å². The van der Waals surface area contributed by atoms with E-state index in [1.165, 1.54) is 0 Å². The molecular formula is C15H25N3O. The third kappa shape index (κ3) is 7.63. The molecule has 0 aromatic rings. The second-order valence-electron chi connectivity index (χ2n) is 5.45. The normalized spacial score (nSPS) is 15.4. The van der Waals surface area contributed by atoms with Gasteiger partial charge in [-0.15, -0.1) is 0 Å². The first-order valence-electron chi connectivity index (χ1n) is 7.27. The van der Waals surface area contributed by atoms with Crippen molar-refractivity contribution >= 4 is 5.91 Å². The summed E-state index contributed by atoms with van der Waals surface area (Å²) in [6.07, 6.45) is 7.21. The maximum atomic E-state index is 11.7. The van der Waals surface area contributed by atoms with Gasteiger partial charge in [-0.1, -0.05) is 26.3 Å². The van der Waals surface area contributed by atoms with Crippen molar-refractivity contribution in [2.75, 3.05) is 13.1 Å². The Hall–Kier alpha value is -1.34. The van der Waals surface area contributed by atoms with Crippen molar-refractivity contribution in [1.29, 1.82) is 5.26 Å². The summed E-state index contributed by atoms with van der Waals surface area (Å²) >= 11 is 0. The number of allylic oxidation sites excluding steroid dienone is 1. The van der Waals surface area contributed by atoms with Crippen molar-refractivity contribution in [3.05, 3.63) is 11.6 Å². The van der Waals surface area contributed by atoms with Crippen LogP contribution in [-0.4, -0.2) is 25.0 Å². The van der Waals surface area contributed by atoms with Crippen molar-refractivity contribution in [2.45, 2.75) is 52.0 Å². The van der Waals surface area contributed by atoms with Crippen LogP contribution in [0.15, 0.2) is 11.6 Å². The number of hydrogen-bond acceptors (Lipinski definition) is 3. The minimum absolute atomic E-state index is 0.213. The number of amides is 1. The number of nitrogens with zero attached hydrogens (tertiary/aromatic N) is 1. The molecule has 0 aromatic carbocycles. The number of carbonyl (C=O) groups excluding carboxylic acids is 1. The van der Waals surface area contributed by atoms with Crippen LogP contribution in [0.25, 0.3) is 0 Å². The molecule has 1 aliphatic carbocycles. The molecule has 0 radical (unpaired) electrons. The van der Waals surface area contributed by atoms with Gasteiger partial charge in [0.15, 0.2) is 0 Å². The maximum Gasteiger partial charge on any atom is 0.261 e. The number of carbonyl (C=O) groups is 1. The second-order valence-corrected chi connectivity index (χ2v) is 5.45. The Bertz CT molecular complexity index is 351. The van der Waals surface area contributed by atoms with Crippen LogP contribution < -0.4 is 10.6 Å². The van der Waals surface area contributed by atoms with Crippen LogP contribution in [0.5, 0.6) is 0 Å². The molecule has 0 atom stereocenters. The largest absolute Gasteiger partial charge is 0.351 e. The van der Waals surface area contributed by atoms with Gasteiger partial charge in [-0.3, -0.25) is 4.79 Å². The molecule has 0 aromatic heterocycles. The quantitative estimate of drug-likeness (QED) is 0.380. The molecule has 0 spiro atoms. The van der Waals surface area contributed by atoms with Gasteiger partial charge in [-0.25, -0.2) is 0 Å². The van der Waals surface area contributed by atoms with Crippen molar-refractivity contribution in [2.24, 2.45) is 5.92 Å². The summed E-state index contributed by atoms with van der Waals surface area (Å²) in [5, 5.41) is 15.1. The topological polar surface area (TPSA) is 64.9 Å². The number of nitriles is 1. The van der Waals surface area contributed by atoms with Gasteiger partial charge in [0, 0.05) is 12.6 Å². The van der Waals surface area contributed by atoms with Crippen molar-refractivity contribution in [1.82, 2.24) is 10.6 Å². The monoisotopic (exact) mass is 263 g/mol. The molecule has 106 valence electrons. The fraction of sp³-hybridized carbons (Fsp3) is 0.733. The number of rotatable bonds is 9. The highest BCUT2D eigenvalue weighted by molar-refractivity contribution is 5.97.